The summed E-state index contributed by atoms with van der Waals surface area (Å²) < 4.78 is 5.36. The van der Waals surface area contributed by atoms with Gasteiger partial charge in [0.15, 0.2) is 0 Å². The number of anilines is 1. The maximum absolute atomic E-state index is 9.51. The predicted molar refractivity (Wildman–Crippen MR) is 74.0 cm³/mol. The third-order valence-corrected chi connectivity index (χ3v) is 3.50. The lowest BCUT2D eigenvalue weighted by Crippen LogP contribution is -2.32. The molecular weight excluding hydrogens is 228 g/mol. The molecule has 0 amide bonds. The number of nitrogens with zero attached hydrogens (tertiary/aromatic N) is 1. The zero-order valence-corrected chi connectivity index (χ0v) is 11.6. The number of hydrogen-bond donors (Lipinski definition) is 2. The van der Waals surface area contributed by atoms with Gasteiger partial charge < -0.3 is 15.2 Å². The molecule has 0 bridgehead atoms. The van der Waals surface area contributed by atoms with Gasteiger partial charge in [0.25, 0.3) is 0 Å². The number of pyridine rings is 1. The Morgan fingerprint density at radius 3 is 2.56 bits per heavy atom. The van der Waals surface area contributed by atoms with Crippen molar-refractivity contribution in [3.63, 3.8) is 0 Å². The van der Waals surface area contributed by atoms with Crippen LogP contribution in [0, 0.1) is 5.41 Å². The number of hydrogen-bond acceptors (Lipinski definition) is 4. The van der Waals surface area contributed by atoms with E-state index in [1.165, 1.54) is 0 Å². The van der Waals surface area contributed by atoms with E-state index in [4.69, 9.17) is 4.74 Å². The minimum absolute atomic E-state index is 0.0662. The minimum Gasteiger partial charge on any atom is -0.478 e. The number of aliphatic hydroxyl groups is 1. The second kappa shape index (κ2) is 7.21. The van der Waals surface area contributed by atoms with Crippen LogP contribution in [-0.4, -0.2) is 29.8 Å². The Hall–Kier alpha value is -1.29. The van der Waals surface area contributed by atoms with Crippen LogP contribution in [0.3, 0.4) is 0 Å². The van der Waals surface area contributed by atoms with E-state index in [0.29, 0.717) is 12.5 Å². The van der Waals surface area contributed by atoms with Gasteiger partial charge in [-0.2, -0.15) is 4.98 Å². The molecule has 0 atom stereocenters. The zero-order chi connectivity index (χ0) is 13.4. The van der Waals surface area contributed by atoms with E-state index in [-0.39, 0.29) is 12.0 Å². The van der Waals surface area contributed by atoms with Gasteiger partial charge in [-0.1, -0.05) is 19.9 Å². The monoisotopic (exact) mass is 252 g/mol. The molecule has 0 saturated carbocycles. The van der Waals surface area contributed by atoms with E-state index >= 15 is 0 Å². The molecule has 4 heteroatoms. The normalized spacial score (nSPS) is 11.3. The molecule has 0 saturated heterocycles. The van der Waals surface area contributed by atoms with Crippen LogP contribution in [0.2, 0.25) is 0 Å². The average Bonchev–Trinajstić information content (AvgIpc) is 2.42. The average molecular weight is 252 g/mol. The van der Waals surface area contributed by atoms with Crippen molar-refractivity contribution in [3.05, 3.63) is 18.2 Å². The largest absolute Gasteiger partial charge is 0.478 e. The first kappa shape index (κ1) is 14.8. The lowest BCUT2D eigenvalue weighted by atomic mass is 9.83. The molecule has 1 heterocycles. The first-order valence-electron chi connectivity index (χ1n) is 6.64. The first-order chi connectivity index (χ1) is 8.69. The Kier molecular flexibility index (Phi) is 5.92. The fourth-order valence-corrected chi connectivity index (χ4v) is 1.80. The van der Waals surface area contributed by atoms with Crippen LogP contribution in [0.5, 0.6) is 5.88 Å². The van der Waals surface area contributed by atoms with E-state index < -0.39 is 0 Å². The van der Waals surface area contributed by atoms with Gasteiger partial charge in [-0.25, -0.2) is 0 Å². The molecule has 0 aliphatic carbocycles. The third-order valence-electron chi connectivity index (χ3n) is 3.50. The van der Waals surface area contributed by atoms with Crippen molar-refractivity contribution in [2.24, 2.45) is 5.41 Å². The second-order valence-electron chi connectivity index (χ2n) is 4.51. The van der Waals surface area contributed by atoms with Crippen LogP contribution in [0.15, 0.2) is 18.2 Å². The summed E-state index contributed by atoms with van der Waals surface area (Å²) in [6.45, 7) is 7.67. The van der Waals surface area contributed by atoms with Crippen molar-refractivity contribution >= 4 is 5.82 Å². The molecule has 1 aromatic heterocycles. The Bertz CT molecular complexity index is 343. The van der Waals surface area contributed by atoms with Crippen molar-refractivity contribution in [1.29, 1.82) is 0 Å². The molecule has 1 aromatic rings. The van der Waals surface area contributed by atoms with E-state index in [9.17, 15) is 5.11 Å². The molecule has 0 spiro atoms. The number of rotatable bonds is 8. The van der Waals surface area contributed by atoms with E-state index in [0.717, 1.165) is 25.2 Å². The Labute approximate surface area is 109 Å². The number of ether oxygens (including phenoxy) is 1. The Morgan fingerprint density at radius 2 is 2.00 bits per heavy atom. The molecule has 4 nitrogen and oxygen atoms in total. The molecular formula is C14H24N2O2. The first-order valence-corrected chi connectivity index (χ1v) is 6.64. The van der Waals surface area contributed by atoms with Gasteiger partial charge >= 0.3 is 0 Å². The fraction of sp³-hybridized carbons (Fsp3) is 0.643. The quantitative estimate of drug-likeness (QED) is 0.747. The van der Waals surface area contributed by atoms with Crippen LogP contribution >= 0.6 is 0 Å². The molecule has 2 N–H and O–H groups in total. The van der Waals surface area contributed by atoms with Crippen LogP contribution in [0.1, 0.15) is 33.6 Å². The molecule has 0 unspecified atom stereocenters. The highest BCUT2D eigenvalue weighted by Gasteiger charge is 2.24. The van der Waals surface area contributed by atoms with Crippen LogP contribution in [0.25, 0.3) is 0 Å². The molecule has 18 heavy (non-hydrogen) atoms. The molecule has 0 aliphatic rings. The smallest absolute Gasteiger partial charge is 0.215 e. The molecule has 0 aromatic carbocycles. The fourth-order valence-electron chi connectivity index (χ4n) is 1.80. The maximum atomic E-state index is 9.51. The highest BCUT2D eigenvalue weighted by Crippen LogP contribution is 2.26. The van der Waals surface area contributed by atoms with E-state index in [1.807, 2.05) is 25.1 Å². The van der Waals surface area contributed by atoms with Crippen molar-refractivity contribution in [2.45, 2.75) is 33.6 Å². The molecule has 0 aliphatic heterocycles. The summed E-state index contributed by atoms with van der Waals surface area (Å²) in [7, 11) is 0. The maximum Gasteiger partial charge on any atom is 0.215 e. The zero-order valence-electron chi connectivity index (χ0n) is 11.6. The highest BCUT2D eigenvalue weighted by atomic mass is 16.5. The van der Waals surface area contributed by atoms with Crippen LogP contribution < -0.4 is 10.1 Å². The number of nitrogens with one attached hydrogen (secondary N) is 1. The summed E-state index contributed by atoms with van der Waals surface area (Å²) in [4.78, 5) is 4.35. The van der Waals surface area contributed by atoms with Crippen molar-refractivity contribution in [3.8, 4) is 5.88 Å². The minimum atomic E-state index is -0.0662. The molecule has 1 rings (SSSR count). The summed E-state index contributed by atoms with van der Waals surface area (Å²) in [6, 6.07) is 5.67. The van der Waals surface area contributed by atoms with Crippen molar-refractivity contribution in [2.75, 3.05) is 25.1 Å². The van der Waals surface area contributed by atoms with Crippen LogP contribution in [-0.2, 0) is 0 Å². The second-order valence-corrected chi connectivity index (χ2v) is 4.51. The third kappa shape index (κ3) is 3.88. The van der Waals surface area contributed by atoms with E-state index in [2.05, 4.69) is 24.1 Å². The van der Waals surface area contributed by atoms with Crippen molar-refractivity contribution in [1.82, 2.24) is 4.98 Å². The summed E-state index contributed by atoms with van der Waals surface area (Å²) in [6.07, 6.45) is 1.89. The van der Waals surface area contributed by atoms with Gasteiger partial charge in [0.1, 0.15) is 5.82 Å². The van der Waals surface area contributed by atoms with Crippen LogP contribution in [0.4, 0.5) is 5.82 Å². The van der Waals surface area contributed by atoms with E-state index in [1.54, 1.807) is 0 Å². The van der Waals surface area contributed by atoms with Gasteiger partial charge in [0.05, 0.1) is 13.2 Å². The lowest BCUT2D eigenvalue weighted by Gasteiger charge is -2.29. The predicted octanol–water partition coefficient (Wildman–Crippen LogP) is 2.69. The van der Waals surface area contributed by atoms with Gasteiger partial charge in [-0.15, -0.1) is 0 Å². The SMILES string of the molecule is CCOc1cccc(NCC(CC)(CC)CO)n1. The van der Waals surface area contributed by atoms with Gasteiger partial charge in [-0.3, -0.25) is 0 Å². The molecule has 0 radical (unpaired) electrons. The number of aromatic nitrogens is 1. The summed E-state index contributed by atoms with van der Waals surface area (Å²) in [5, 5.41) is 12.8. The van der Waals surface area contributed by atoms with Gasteiger partial charge in [0, 0.05) is 18.0 Å². The standard InChI is InChI=1S/C14H24N2O2/c1-4-14(5-2,11-17)10-15-12-8-7-9-13(16-12)18-6-3/h7-9,17H,4-6,10-11H2,1-3H3,(H,15,16). The summed E-state index contributed by atoms with van der Waals surface area (Å²) >= 11 is 0. The van der Waals surface area contributed by atoms with Gasteiger partial charge in [-0.05, 0) is 25.8 Å². The Morgan fingerprint density at radius 1 is 1.28 bits per heavy atom. The Balaban J connectivity index is 2.64. The van der Waals surface area contributed by atoms with Gasteiger partial charge in [0.2, 0.25) is 5.88 Å². The lowest BCUT2D eigenvalue weighted by molar-refractivity contribution is 0.127. The molecule has 102 valence electrons. The topological polar surface area (TPSA) is 54.4 Å². The molecule has 0 fully saturated rings. The summed E-state index contributed by atoms with van der Waals surface area (Å²) in [5.41, 5.74) is -0.0662. The van der Waals surface area contributed by atoms with Crippen molar-refractivity contribution < 1.29 is 9.84 Å². The number of aliphatic hydroxyl groups excluding tert-OH is 1. The summed E-state index contributed by atoms with van der Waals surface area (Å²) in [5.74, 6) is 1.42. The highest BCUT2D eigenvalue weighted by molar-refractivity contribution is 5.37.